The minimum atomic E-state index is -1.27. The molecule has 1 aliphatic rings. The molecular weight excluding hydrogens is 528 g/mol. The Labute approximate surface area is 228 Å². The minimum absolute atomic E-state index is 0.0456. The lowest BCUT2D eigenvalue weighted by Gasteiger charge is -2.34. The molecule has 0 fully saturated rings. The van der Waals surface area contributed by atoms with Crippen LogP contribution in [0.5, 0.6) is 0 Å². The largest absolute Gasteiger partial charge is 0.323 e. The third-order valence-corrected chi connectivity index (χ3v) is 8.13. The topological polar surface area (TPSA) is 92.5 Å². The zero-order valence-electron chi connectivity index (χ0n) is 20.6. The van der Waals surface area contributed by atoms with Crippen LogP contribution in [0.25, 0.3) is 0 Å². The Morgan fingerprint density at radius 2 is 1.71 bits per heavy atom. The van der Waals surface area contributed by atoms with Gasteiger partial charge in [-0.2, -0.15) is 11.8 Å². The van der Waals surface area contributed by atoms with Gasteiger partial charge in [-0.3, -0.25) is 19.3 Å². The standard InChI is InChI=1S/C28H27F2N3O3S2/c1-37-12-11-21(31)28(36)33(24(34)15-17-13-19(29)16-20(30)14-17)25-26(18-7-3-2-4-8-18)38-23-10-6-5-9-22(23)32-27(25)35/h2-10,13-14,16,21,25-26H,11-12,15,31H2,1H3,(H,32,35)/t21-,25-,26+/m0/s1. The van der Waals surface area contributed by atoms with E-state index in [4.69, 9.17) is 5.73 Å². The van der Waals surface area contributed by atoms with Crippen LogP contribution in [0.1, 0.15) is 22.8 Å². The summed E-state index contributed by atoms with van der Waals surface area (Å²) in [7, 11) is 0. The van der Waals surface area contributed by atoms with Crippen molar-refractivity contribution >= 4 is 46.9 Å². The molecule has 3 N–H and O–H groups in total. The number of para-hydroxylation sites is 1. The van der Waals surface area contributed by atoms with Crippen molar-refractivity contribution < 1.29 is 23.2 Å². The fraction of sp³-hybridized carbons (Fsp3) is 0.250. The summed E-state index contributed by atoms with van der Waals surface area (Å²) in [6.07, 6.45) is 1.67. The van der Waals surface area contributed by atoms with Gasteiger partial charge in [0.15, 0.2) is 0 Å². The maximum absolute atomic E-state index is 13.9. The molecule has 3 amide bonds. The zero-order chi connectivity index (χ0) is 27.2. The molecular formula is C28H27F2N3O3S2. The van der Waals surface area contributed by atoms with Gasteiger partial charge in [0.05, 0.1) is 23.4 Å². The highest BCUT2D eigenvalue weighted by Crippen LogP contribution is 2.45. The molecule has 38 heavy (non-hydrogen) atoms. The SMILES string of the molecule is CSCC[C@H](N)C(=O)N(C(=O)Cc1cc(F)cc(F)c1)[C@@H]1C(=O)Nc2ccccc2S[C@@H]1c1ccccc1. The third-order valence-electron chi connectivity index (χ3n) is 6.09. The summed E-state index contributed by atoms with van der Waals surface area (Å²) in [6.45, 7) is 0. The molecule has 1 aliphatic heterocycles. The number of anilines is 1. The van der Waals surface area contributed by atoms with Gasteiger partial charge in [0.2, 0.25) is 17.7 Å². The Morgan fingerprint density at radius 3 is 2.39 bits per heavy atom. The Kier molecular flexibility index (Phi) is 9.19. The summed E-state index contributed by atoms with van der Waals surface area (Å²) < 4.78 is 27.8. The number of amides is 3. The van der Waals surface area contributed by atoms with Crippen molar-refractivity contribution in [1.82, 2.24) is 4.90 Å². The average Bonchev–Trinajstić information content (AvgIpc) is 3.03. The molecule has 0 spiro atoms. The number of carbonyl (C=O) groups excluding carboxylic acids is 3. The van der Waals surface area contributed by atoms with Gasteiger partial charge in [-0.15, -0.1) is 11.8 Å². The number of hydrogen-bond acceptors (Lipinski definition) is 6. The molecule has 0 aliphatic carbocycles. The summed E-state index contributed by atoms with van der Waals surface area (Å²) in [6, 6.07) is 16.8. The highest BCUT2D eigenvalue weighted by atomic mass is 32.2. The highest BCUT2D eigenvalue weighted by Gasteiger charge is 2.44. The molecule has 3 atom stereocenters. The number of fused-ring (bicyclic) bond motifs is 1. The third kappa shape index (κ3) is 6.43. The van der Waals surface area contributed by atoms with Crippen molar-refractivity contribution in [2.45, 2.75) is 35.1 Å². The number of nitrogens with zero attached hydrogens (tertiary/aromatic N) is 1. The maximum Gasteiger partial charge on any atom is 0.249 e. The van der Waals surface area contributed by atoms with Gasteiger partial charge in [-0.1, -0.05) is 42.5 Å². The molecule has 0 radical (unpaired) electrons. The van der Waals surface area contributed by atoms with E-state index in [0.29, 0.717) is 17.5 Å². The molecule has 0 saturated heterocycles. The monoisotopic (exact) mass is 555 g/mol. The molecule has 3 aromatic carbocycles. The van der Waals surface area contributed by atoms with E-state index in [-0.39, 0.29) is 12.0 Å². The number of thioether (sulfide) groups is 2. The summed E-state index contributed by atoms with van der Waals surface area (Å²) in [4.78, 5) is 43.0. The molecule has 4 rings (SSSR count). The van der Waals surface area contributed by atoms with Crippen LogP contribution < -0.4 is 11.1 Å². The second kappa shape index (κ2) is 12.6. The predicted molar refractivity (Wildman–Crippen MR) is 147 cm³/mol. The first kappa shape index (κ1) is 27.8. The molecule has 6 nitrogen and oxygen atoms in total. The Bertz CT molecular complexity index is 1310. The molecule has 10 heteroatoms. The van der Waals surface area contributed by atoms with E-state index < -0.39 is 53.1 Å². The van der Waals surface area contributed by atoms with Crippen LogP contribution in [0.2, 0.25) is 0 Å². The van der Waals surface area contributed by atoms with Crippen LogP contribution >= 0.6 is 23.5 Å². The second-order valence-corrected chi connectivity index (χ2v) is 11.0. The molecule has 0 aromatic heterocycles. The van der Waals surface area contributed by atoms with Crippen molar-refractivity contribution in [3.05, 3.63) is 95.6 Å². The lowest BCUT2D eigenvalue weighted by molar-refractivity contribution is -0.151. The Morgan fingerprint density at radius 1 is 1.05 bits per heavy atom. The minimum Gasteiger partial charge on any atom is -0.323 e. The van der Waals surface area contributed by atoms with Gasteiger partial charge in [0.25, 0.3) is 0 Å². The van der Waals surface area contributed by atoms with Gasteiger partial charge < -0.3 is 11.1 Å². The number of rotatable bonds is 8. The number of nitrogens with one attached hydrogen (secondary N) is 1. The van der Waals surface area contributed by atoms with Crippen LogP contribution in [0.4, 0.5) is 14.5 Å². The van der Waals surface area contributed by atoms with E-state index in [1.807, 2.05) is 48.7 Å². The maximum atomic E-state index is 13.9. The van der Waals surface area contributed by atoms with Gasteiger partial charge >= 0.3 is 0 Å². The lowest BCUT2D eigenvalue weighted by Crippen LogP contribution is -2.57. The van der Waals surface area contributed by atoms with Crippen LogP contribution in [-0.2, 0) is 20.8 Å². The second-order valence-electron chi connectivity index (χ2n) is 8.82. The fourth-order valence-corrected chi connectivity index (χ4v) is 6.13. The van der Waals surface area contributed by atoms with E-state index in [9.17, 15) is 23.2 Å². The first-order valence-corrected chi connectivity index (χ1v) is 14.2. The van der Waals surface area contributed by atoms with Crippen molar-refractivity contribution in [3.63, 3.8) is 0 Å². The molecule has 0 bridgehead atoms. The number of nitrogens with two attached hydrogens (primary N) is 1. The van der Waals surface area contributed by atoms with Crippen molar-refractivity contribution in [1.29, 1.82) is 0 Å². The van der Waals surface area contributed by atoms with E-state index in [2.05, 4.69) is 5.32 Å². The first-order valence-electron chi connectivity index (χ1n) is 12.0. The molecule has 0 saturated carbocycles. The number of benzene rings is 3. The van der Waals surface area contributed by atoms with E-state index in [0.717, 1.165) is 27.5 Å². The number of imide groups is 1. The normalized spacial score (nSPS) is 17.6. The predicted octanol–water partition coefficient (Wildman–Crippen LogP) is 4.80. The average molecular weight is 556 g/mol. The van der Waals surface area contributed by atoms with Crippen molar-refractivity contribution in [2.24, 2.45) is 5.73 Å². The van der Waals surface area contributed by atoms with Gasteiger partial charge in [-0.05, 0) is 53.8 Å². The van der Waals surface area contributed by atoms with Gasteiger partial charge in [0.1, 0.15) is 17.7 Å². The number of hydrogen-bond donors (Lipinski definition) is 2. The van der Waals surface area contributed by atoms with Crippen LogP contribution in [0.3, 0.4) is 0 Å². The lowest BCUT2D eigenvalue weighted by atomic mass is 10.00. The van der Waals surface area contributed by atoms with Gasteiger partial charge in [0, 0.05) is 11.0 Å². The van der Waals surface area contributed by atoms with Crippen LogP contribution in [0, 0.1) is 11.6 Å². The van der Waals surface area contributed by atoms with E-state index >= 15 is 0 Å². The fourth-order valence-electron chi connectivity index (χ4n) is 4.30. The summed E-state index contributed by atoms with van der Waals surface area (Å²) in [5.41, 5.74) is 7.56. The van der Waals surface area contributed by atoms with Crippen molar-refractivity contribution in [2.75, 3.05) is 17.3 Å². The molecule has 198 valence electrons. The van der Waals surface area contributed by atoms with Crippen LogP contribution in [-0.4, -0.2) is 46.7 Å². The van der Waals surface area contributed by atoms with E-state index in [1.165, 1.54) is 23.5 Å². The van der Waals surface area contributed by atoms with Crippen molar-refractivity contribution in [3.8, 4) is 0 Å². The van der Waals surface area contributed by atoms with Crippen LogP contribution in [0.15, 0.2) is 77.7 Å². The summed E-state index contributed by atoms with van der Waals surface area (Å²) in [5, 5.41) is 2.19. The highest BCUT2D eigenvalue weighted by molar-refractivity contribution is 7.99. The summed E-state index contributed by atoms with van der Waals surface area (Å²) in [5.74, 6) is -3.16. The molecule has 3 aromatic rings. The Hall–Kier alpha value is -3.21. The summed E-state index contributed by atoms with van der Waals surface area (Å²) >= 11 is 2.85. The molecule has 0 unspecified atom stereocenters. The first-order chi connectivity index (χ1) is 18.3. The quantitative estimate of drug-likeness (QED) is 0.415. The number of halogens is 2. The number of carbonyl (C=O) groups is 3. The van der Waals surface area contributed by atoms with E-state index in [1.54, 1.807) is 12.1 Å². The zero-order valence-corrected chi connectivity index (χ0v) is 22.2. The van der Waals surface area contributed by atoms with Gasteiger partial charge in [-0.25, -0.2) is 8.78 Å². The Balaban J connectivity index is 1.80. The smallest absolute Gasteiger partial charge is 0.249 e. The molecule has 1 heterocycles.